The van der Waals surface area contributed by atoms with Crippen molar-refractivity contribution < 1.29 is 9.53 Å². The van der Waals surface area contributed by atoms with E-state index in [0.717, 1.165) is 23.9 Å². The molecule has 0 radical (unpaired) electrons. The molecule has 0 unspecified atom stereocenters. The minimum atomic E-state index is 0.0579. The van der Waals surface area contributed by atoms with Crippen LogP contribution in [0.5, 0.6) is 5.75 Å². The normalized spacial score (nSPS) is 16.1. The Morgan fingerprint density at radius 1 is 1.20 bits per heavy atom. The molecular formula is C16H21NO2S. The van der Waals surface area contributed by atoms with Gasteiger partial charge in [-0.25, -0.2) is 0 Å². The molecule has 0 aliphatic carbocycles. The van der Waals surface area contributed by atoms with E-state index in [0.29, 0.717) is 5.56 Å². The first-order chi connectivity index (χ1) is 9.74. The van der Waals surface area contributed by atoms with Gasteiger partial charge in [0.2, 0.25) is 0 Å². The molecule has 0 atom stereocenters. The lowest BCUT2D eigenvalue weighted by molar-refractivity contribution is 0.104. The predicted molar refractivity (Wildman–Crippen MR) is 84.3 cm³/mol. The Labute approximate surface area is 125 Å². The van der Waals surface area contributed by atoms with Gasteiger partial charge in [0.15, 0.2) is 5.78 Å². The number of rotatable bonds is 5. The van der Waals surface area contributed by atoms with E-state index in [1.54, 1.807) is 24.9 Å². The van der Waals surface area contributed by atoms with E-state index in [9.17, 15) is 4.79 Å². The number of hydrogen-bond acceptors (Lipinski definition) is 4. The largest absolute Gasteiger partial charge is 0.497 e. The van der Waals surface area contributed by atoms with Gasteiger partial charge in [-0.3, -0.25) is 4.79 Å². The van der Waals surface area contributed by atoms with Gasteiger partial charge in [-0.05, 0) is 49.8 Å². The van der Waals surface area contributed by atoms with Gasteiger partial charge in [0.1, 0.15) is 5.75 Å². The first kappa shape index (κ1) is 15.0. The van der Waals surface area contributed by atoms with Crippen LogP contribution in [0, 0.1) is 0 Å². The van der Waals surface area contributed by atoms with Gasteiger partial charge in [-0.15, -0.1) is 11.8 Å². The number of allylic oxidation sites excluding steroid dienone is 1. The zero-order chi connectivity index (χ0) is 14.4. The molecule has 1 aromatic carbocycles. The number of nitrogens with zero attached hydrogens (tertiary/aromatic N) is 1. The molecule has 2 rings (SSSR count). The lowest BCUT2D eigenvalue weighted by atomic mass is 10.1. The van der Waals surface area contributed by atoms with Crippen LogP contribution in [0.3, 0.4) is 0 Å². The minimum absolute atomic E-state index is 0.0579. The van der Waals surface area contributed by atoms with Gasteiger partial charge >= 0.3 is 0 Å². The molecule has 0 amide bonds. The van der Waals surface area contributed by atoms with E-state index in [1.807, 2.05) is 30.5 Å². The Balaban J connectivity index is 2.11. The molecule has 4 heteroatoms. The van der Waals surface area contributed by atoms with Crippen molar-refractivity contribution in [2.45, 2.75) is 19.3 Å². The fourth-order valence-corrected chi connectivity index (χ4v) is 3.01. The summed E-state index contributed by atoms with van der Waals surface area (Å²) in [5.74, 6) is 0.828. The third-order valence-corrected chi connectivity index (χ3v) is 4.30. The Morgan fingerprint density at radius 3 is 2.40 bits per heavy atom. The van der Waals surface area contributed by atoms with Gasteiger partial charge in [0.25, 0.3) is 0 Å². The van der Waals surface area contributed by atoms with Gasteiger partial charge in [0, 0.05) is 24.7 Å². The van der Waals surface area contributed by atoms with Crippen LogP contribution in [-0.4, -0.2) is 37.1 Å². The van der Waals surface area contributed by atoms with Crippen LogP contribution in [0.4, 0.5) is 0 Å². The van der Waals surface area contributed by atoms with Crippen molar-refractivity contribution in [3.05, 3.63) is 40.9 Å². The highest BCUT2D eigenvalue weighted by Crippen LogP contribution is 2.23. The van der Waals surface area contributed by atoms with Gasteiger partial charge in [-0.2, -0.15) is 0 Å². The predicted octanol–water partition coefficient (Wildman–Crippen LogP) is 3.57. The number of benzene rings is 1. The van der Waals surface area contributed by atoms with Crippen LogP contribution in [0.1, 0.15) is 29.6 Å². The summed E-state index contributed by atoms with van der Waals surface area (Å²) in [7, 11) is 1.62. The maximum atomic E-state index is 12.3. The molecule has 1 saturated heterocycles. The van der Waals surface area contributed by atoms with Crippen LogP contribution in [0.2, 0.25) is 0 Å². The van der Waals surface area contributed by atoms with E-state index in [-0.39, 0.29) is 5.78 Å². The summed E-state index contributed by atoms with van der Waals surface area (Å²) >= 11 is 1.65. The van der Waals surface area contributed by atoms with E-state index >= 15 is 0 Å². The number of thioether (sulfide) groups is 1. The van der Waals surface area contributed by atoms with Crippen molar-refractivity contribution in [3.63, 3.8) is 0 Å². The van der Waals surface area contributed by atoms with Crippen molar-refractivity contribution in [2.24, 2.45) is 0 Å². The molecule has 1 aliphatic rings. The molecule has 20 heavy (non-hydrogen) atoms. The summed E-state index contributed by atoms with van der Waals surface area (Å²) in [6.45, 7) is 2.12. The standard InChI is InChI=1S/C16H21NO2S/c1-19-14-8-6-13(7-9-14)15(18)12-16(20-2)17-10-4-3-5-11-17/h6-9,12H,3-5,10-11H2,1-2H3/b16-12-. The number of carbonyl (C=O) groups excluding carboxylic acids is 1. The number of ketones is 1. The molecular weight excluding hydrogens is 270 g/mol. The Morgan fingerprint density at radius 2 is 1.85 bits per heavy atom. The number of carbonyl (C=O) groups is 1. The van der Waals surface area contributed by atoms with Crippen molar-refractivity contribution in [1.82, 2.24) is 4.90 Å². The van der Waals surface area contributed by atoms with Crippen LogP contribution in [0.15, 0.2) is 35.4 Å². The zero-order valence-corrected chi connectivity index (χ0v) is 12.9. The molecule has 1 heterocycles. The number of ether oxygens (including phenoxy) is 1. The topological polar surface area (TPSA) is 29.5 Å². The third-order valence-electron chi connectivity index (χ3n) is 3.51. The molecule has 0 spiro atoms. The number of piperidine rings is 1. The number of hydrogen-bond donors (Lipinski definition) is 0. The second-order valence-corrected chi connectivity index (χ2v) is 5.65. The average molecular weight is 291 g/mol. The van der Waals surface area contributed by atoms with Crippen LogP contribution < -0.4 is 4.74 Å². The van der Waals surface area contributed by atoms with Gasteiger partial charge in [-0.1, -0.05) is 0 Å². The van der Waals surface area contributed by atoms with E-state index in [4.69, 9.17) is 4.74 Å². The molecule has 0 bridgehead atoms. The Bertz CT molecular complexity index is 476. The van der Waals surface area contributed by atoms with Crippen molar-refractivity contribution in [2.75, 3.05) is 26.5 Å². The molecule has 1 fully saturated rings. The van der Waals surface area contributed by atoms with E-state index < -0.39 is 0 Å². The number of likely N-dealkylation sites (tertiary alicyclic amines) is 1. The highest BCUT2D eigenvalue weighted by molar-refractivity contribution is 8.02. The van der Waals surface area contributed by atoms with Crippen molar-refractivity contribution >= 4 is 17.5 Å². The van der Waals surface area contributed by atoms with E-state index in [1.165, 1.54) is 19.3 Å². The highest BCUT2D eigenvalue weighted by Gasteiger charge is 2.14. The van der Waals surface area contributed by atoms with Crippen LogP contribution in [0.25, 0.3) is 0 Å². The summed E-state index contributed by atoms with van der Waals surface area (Å²) < 4.78 is 5.11. The fourth-order valence-electron chi connectivity index (χ4n) is 2.34. The molecule has 0 N–H and O–H groups in total. The van der Waals surface area contributed by atoms with Gasteiger partial charge in [0.05, 0.1) is 12.1 Å². The monoisotopic (exact) mass is 291 g/mol. The van der Waals surface area contributed by atoms with Crippen LogP contribution in [-0.2, 0) is 0 Å². The average Bonchev–Trinajstić information content (AvgIpc) is 2.53. The maximum absolute atomic E-state index is 12.3. The summed E-state index contributed by atoms with van der Waals surface area (Å²) in [5, 5.41) is 1.07. The first-order valence-corrected chi connectivity index (χ1v) is 8.16. The quantitative estimate of drug-likeness (QED) is 0.613. The summed E-state index contributed by atoms with van der Waals surface area (Å²) in [4.78, 5) is 14.6. The molecule has 0 aromatic heterocycles. The smallest absolute Gasteiger partial charge is 0.188 e. The minimum Gasteiger partial charge on any atom is -0.497 e. The SMILES string of the molecule is COc1ccc(C(=O)/C=C(\SC)N2CCCCC2)cc1. The maximum Gasteiger partial charge on any atom is 0.188 e. The summed E-state index contributed by atoms with van der Waals surface area (Å²) in [6, 6.07) is 7.26. The molecule has 1 aromatic rings. The van der Waals surface area contributed by atoms with Crippen molar-refractivity contribution in [1.29, 1.82) is 0 Å². The third kappa shape index (κ3) is 3.79. The zero-order valence-electron chi connectivity index (χ0n) is 12.1. The van der Waals surface area contributed by atoms with Gasteiger partial charge < -0.3 is 9.64 Å². The second kappa shape index (κ2) is 7.39. The first-order valence-electron chi connectivity index (χ1n) is 6.93. The Kier molecular flexibility index (Phi) is 5.53. The lowest BCUT2D eigenvalue weighted by Gasteiger charge is -2.29. The molecule has 108 valence electrons. The molecule has 3 nitrogen and oxygen atoms in total. The summed E-state index contributed by atoms with van der Waals surface area (Å²) in [5.41, 5.74) is 0.703. The summed E-state index contributed by atoms with van der Waals surface area (Å²) in [6.07, 6.45) is 7.52. The second-order valence-electron chi connectivity index (χ2n) is 4.83. The highest BCUT2D eigenvalue weighted by atomic mass is 32.2. The molecule has 1 aliphatic heterocycles. The number of methoxy groups -OCH3 is 1. The van der Waals surface area contributed by atoms with Crippen LogP contribution >= 0.6 is 11.8 Å². The van der Waals surface area contributed by atoms with Crippen molar-refractivity contribution in [3.8, 4) is 5.75 Å². The van der Waals surface area contributed by atoms with E-state index in [2.05, 4.69) is 4.90 Å². The Hall–Kier alpha value is -1.42. The molecule has 0 saturated carbocycles. The lowest BCUT2D eigenvalue weighted by Crippen LogP contribution is -2.28. The fraction of sp³-hybridized carbons (Fsp3) is 0.438.